The zero-order valence-corrected chi connectivity index (χ0v) is 14.0. The maximum atomic E-state index is 13.1. The molecule has 1 aromatic heterocycles. The van der Waals surface area contributed by atoms with Crippen LogP contribution >= 0.6 is 11.3 Å². The summed E-state index contributed by atoms with van der Waals surface area (Å²) in [6, 6.07) is 6.42. The Kier molecular flexibility index (Phi) is 5.38. The quantitative estimate of drug-likeness (QED) is 0.911. The second kappa shape index (κ2) is 7.49. The predicted octanol–water partition coefficient (Wildman–Crippen LogP) is 3.05. The lowest BCUT2D eigenvalue weighted by Crippen LogP contribution is -2.35. The fraction of sp³-hybridized carbons (Fsp3) is 0.471. The van der Waals surface area contributed by atoms with Gasteiger partial charge in [0.1, 0.15) is 10.8 Å². The number of aliphatic hydroxyl groups is 1. The SMILES string of the molecule is COCc1sc(CN2CCC(O)CC2)nc1-c1ccc(F)cc1. The summed E-state index contributed by atoms with van der Waals surface area (Å²) in [4.78, 5) is 8.13. The molecule has 3 rings (SSSR count). The summed E-state index contributed by atoms with van der Waals surface area (Å²) in [5.41, 5.74) is 1.79. The number of hydrogen-bond acceptors (Lipinski definition) is 5. The lowest BCUT2D eigenvalue weighted by atomic mass is 10.1. The molecule has 1 fully saturated rings. The van der Waals surface area contributed by atoms with E-state index in [9.17, 15) is 9.50 Å². The normalized spacial score (nSPS) is 16.8. The van der Waals surface area contributed by atoms with Crippen molar-refractivity contribution in [2.24, 2.45) is 0 Å². The molecule has 4 nitrogen and oxygen atoms in total. The van der Waals surface area contributed by atoms with Crippen molar-refractivity contribution in [1.82, 2.24) is 9.88 Å². The van der Waals surface area contributed by atoms with Crippen LogP contribution in [0.2, 0.25) is 0 Å². The van der Waals surface area contributed by atoms with Gasteiger partial charge in [-0.05, 0) is 37.1 Å². The summed E-state index contributed by atoms with van der Waals surface area (Å²) in [5.74, 6) is -0.246. The third-order valence-corrected chi connectivity index (χ3v) is 5.06. The van der Waals surface area contributed by atoms with Gasteiger partial charge < -0.3 is 9.84 Å². The van der Waals surface area contributed by atoms with Gasteiger partial charge in [-0.25, -0.2) is 9.37 Å². The second-order valence-corrected chi connectivity index (χ2v) is 6.99. The van der Waals surface area contributed by atoms with Crippen molar-refractivity contribution < 1.29 is 14.2 Å². The van der Waals surface area contributed by atoms with Crippen LogP contribution in [0.5, 0.6) is 0 Å². The maximum absolute atomic E-state index is 13.1. The minimum absolute atomic E-state index is 0.165. The molecular weight excluding hydrogens is 315 g/mol. The molecule has 0 saturated carbocycles. The van der Waals surface area contributed by atoms with Crippen LogP contribution in [0.15, 0.2) is 24.3 Å². The molecule has 124 valence electrons. The van der Waals surface area contributed by atoms with E-state index in [0.29, 0.717) is 6.61 Å². The van der Waals surface area contributed by atoms with Gasteiger partial charge in [0, 0.05) is 25.8 Å². The first-order chi connectivity index (χ1) is 11.2. The summed E-state index contributed by atoms with van der Waals surface area (Å²) in [6.07, 6.45) is 1.48. The topological polar surface area (TPSA) is 45.6 Å². The number of piperidine rings is 1. The summed E-state index contributed by atoms with van der Waals surface area (Å²) >= 11 is 1.64. The fourth-order valence-corrected chi connectivity index (χ4v) is 3.90. The number of thiazole rings is 1. The lowest BCUT2D eigenvalue weighted by molar-refractivity contribution is 0.0792. The number of halogens is 1. The molecular formula is C17H21FN2O2S. The van der Waals surface area contributed by atoms with Crippen LogP contribution in [0.25, 0.3) is 11.3 Å². The van der Waals surface area contributed by atoms with E-state index in [1.54, 1.807) is 30.6 Å². The highest BCUT2D eigenvalue weighted by Gasteiger charge is 2.20. The molecule has 6 heteroatoms. The predicted molar refractivity (Wildman–Crippen MR) is 88.7 cm³/mol. The highest BCUT2D eigenvalue weighted by Crippen LogP contribution is 2.30. The molecule has 1 saturated heterocycles. The molecule has 1 aliphatic heterocycles. The van der Waals surface area contributed by atoms with Crippen molar-refractivity contribution in [2.75, 3.05) is 20.2 Å². The van der Waals surface area contributed by atoms with Crippen molar-refractivity contribution in [3.05, 3.63) is 40.0 Å². The van der Waals surface area contributed by atoms with Crippen LogP contribution in [0, 0.1) is 5.82 Å². The van der Waals surface area contributed by atoms with Crippen LogP contribution in [-0.2, 0) is 17.9 Å². The minimum atomic E-state index is -0.246. The van der Waals surface area contributed by atoms with E-state index in [2.05, 4.69) is 4.90 Å². The van der Waals surface area contributed by atoms with Gasteiger partial charge in [0.05, 0.1) is 29.8 Å². The number of hydrogen-bond donors (Lipinski definition) is 1. The highest BCUT2D eigenvalue weighted by molar-refractivity contribution is 7.12. The van der Waals surface area contributed by atoms with Crippen molar-refractivity contribution in [3.63, 3.8) is 0 Å². The largest absolute Gasteiger partial charge is 0.393 e. The van der Waals surface area contributed by atoms with Crippen LogP contribution in [0.4, 0.5) is 4.39 Å². The van der Waals surface area contributed by atoms with Gasteiger partial charge in [0.2, 0.25) is 0 Å². The van der Waals surface area contributed by atoms with Gasteiger partial charge >= 0.3 is 0 Å². The average molecular weight is 336 g/mol. The first-order valence-corrected chi connectivity index (χ1v) is 8.61. The van der Waals surface area contributed by atoms with Gasteiger partial charge in [-0.15, -0.1) is 11.3 Å². The third-order valence-electron chi connectivity index (χ3n) is 4.05. The number of methoxy groups -OCH3 is 1. The number of ether oxygens (including phenoxy) is 1. The third kappa shape index (κ3) is 4.14. The van der Waals surface area contributed by atoms with E-state index >= 15 is 0 Å². The molecule has 2 aromatic rings. The van der Waals surface area contributed by atoms with Gasteiger partial charge in [0.15, 0.2) is 0 Å². The van der Waals surface area contributed by atoms with Gasteiger partial charge in [-0.1, -0.05) is 0 Å². The monoisotopic (exact) mass is 336 g/mol. The van der Waals surface area contributed by atoms with E-state index in [1.165, 1.54) is 12.1 Å². The van der Waals surface area contributed by atoms with Crippen LogP contribution < -0.4 is 0 Å². The number of aliphatic hydroxyl groups excluding tert-OH is 1. The number of rotatable bonds is 5. The number of likely N-dealkylation sites (tertiary alicyclic amines) is 1. The lowest BCUT2D eigenvalue weighted by Gasteiger charge is -2.28. The molecule has 0 radical (unpaired) electrons. The Bertz CT molecular complexity index is 637. The van der Waals surface area contributed by atoms with Crippen LogP contribution in [0.1, 0.15) is 22.7 Å². The first-order valence-electron chi connectivity index (χ1n) is 7.79. The summed E-state index contributed by atoms with van der Waals surface area (Å²) < 4.78 is 18.4. The Morgan fingerprint density at radius 1 is 1.30 bits per heavy atom. The van der Waals surface area contributed by atoms with Crippen molar-refractivity contribution in [1.29, 1.82) is 0 Å². The summed E-state index contributed by atoms with van der Waals surface area (Å²) in [5, 5.41) is 10.6. The Labute approximate surface area is 139 Å². The van der Waals surface area contributed by atoms with E-state index in [-0.39, 0.29) is 11.9 Å². The Morgan fingerprint density at radius 2 is 2.00 bits per heavy atom. The Balaban J connectivity index is 1.79. The molecule has 23 heavy (non-hydrogen) atoms. The zero-order chi connectivity index (χ0) is 16.2. The van der Waals surface area contributed by atoms with Crippen molar-refractivity contribution in [3.8, 4) is 11.3 Å². The van der Waals surface area contributed by atoms with Crippen LogP contribution in [0.3, 0.4) is 0 Å². The zero-order valence-electron chi connectivity index (χ0n) is 13.2. The Hall–Kier alpha value is -1.34. The van der Waals surface area contributed by atoms with Crippen LogP contribution in [-0.4, -0.2) is 41.3 Å². The highest BCUT2D eigenvalue weighted by atomic mass is 32.1. The minimum Gasteiger partial charge on any atom is -0.393 e. The molecule has 0 amide bonds. The van der Waals surface area contributed by atoms with Crippen molar-refractivity contribution in [2.45, 2.75) is 32.1 Å². The van der Waals surface area contributed by atoms with Crippen molar-refractivity contribution >= 4 is 11.3 Å². The van der Waals surface area contributed by atoms with E-state index in [0.717, 1.165) is 53.6 Å². The second-order valence-electron chi connectivity index (χ2n) is 5.83. The standard InChI is InChI=1S/C17H21FN2O2S/c1-22-11-15-17(12-2-4-13(18)5-3-12)19-16(23-15)10-20-8-6-14(21)7-9-20/h2-5,14,21H,6-11H2,1H3. The van der Waals surface area contributed by atoms with E-state index < -0.39 is 0 Å². The van der Waals surface area contributed by atoms with E-state index in [1.807, 2.05) is 0 Å². The molecule has 2 heterocycles. The summed E-state index contributed by atoms with van der Waals surface area (Å²) in [6.45, 7) is 3.08. The average Bonchev–Trinajstić information content (AvgIpc) is 2.93. The molecule has 0 unspecified atom stereocenters. The number of aromatic nitrogens is 1. The molecule has 0 atom stereocenters. The molecule has 0 bridgehead atoms. The maximum Gasteiger partial charge on any atom is 0.123 e. The van der Waals surface area contributed by atoms with E-state index in [4.69, 9.17) is 9.72 Å². The first kappa shape index (κ1) is 16.5. The molecule has 1 aliphatic rings. The van der Waals surface area contributed by atoms with Gasteiger partial charge in [-0.2, -0.15) is 0 Å². The number of nitrogens with zero attached hydrogens (tertiary/aromatic N) is 2. The Morgan fingerprint density at radius 3 is 2.65 bits per heavy atom. The molecule has 1 N–H and O–H groups in total. The summed E-state index contributed by atoms with van der Waals surface area (Å²) in [7, 11) is 1.67. The van der Waals surface area contributed by atoms with Gasteiger partial charge in [-0.3, -0.25) is 4.90 Å². The molecule has 0 spiro atoms. The smallest absolute Gasteiger partial charge is 0.123 e. The molecule has 1 aromatic carbocycles. The fourth-order valence-electron chi connectivity index (χ4n) is 2.80. The molecule has 0 aliphatic carbocycles. The van der Waals surface area contributed by atoms with Gasteiger partial charge in [0.25, 0.3) is 0 Å². The number of benzene rings is 1.